The van der Waals surface area contributed by atoms with Gasteiger partial charge >= 0.3 is 11.9 Å². The molecule has 7 aromatic heterocycles. The molecule has 8 aromatic rings. The van der Waals surface area contributed by atoms with E-state index in [0.29, 0.717) is 43.0 Å². The second kappa shape index (κ2) is 29.5. The zero-order valence-electron chi connectivity index (χ0n) is 56.0. The minimum absolute atomic E-state index is 0.00641. The minimum atomic E-state index is -1.90. The first-order valence-electron chi connectivity index (χ1n) is 32.1. The Kier molecular flexibility index (Phi) is 20.7. The fourth-order valence-electron chi connectivity index (χ4n) is 13.1. The molecule has 0 saturated carbocycles. The van der Waals surface area contributed by atoms with Crippen molar-refractivity contribution in [3.05, 3.63) is 112 Å². The summed E-state index contributed by atoms with van der Waals surface area (Å²) in [6.45, 7) is 6.81. The number of β-amino-alcohol motifs (C(OH)–C–C–N with tert-alkyl or cyclic N) is 1. The maximum Gasteiger partial charge on any atom is 0.358 e. The van der Waals surface area contributed by atoms with Crippen LogP contribution in [0.4, 0.5) is 0 Å². The van der Waals surface area contributed by atoms with E-state index in [-0.39, 0.29) is 123 Å². The van der Waals surface area contributed by atoms with Gasteiger partial charge in [-0.25, -0.2) is 39.5 Å². The third-order valence-corrected chi connectivity index (χ3v) is 22.5. The number of nitrogens with zero attached hydrogens (tertiary/aromatic N) is 10. The maximum absolute atomic E-state index is 15.2. The molecule has 102 heavy (non-hydrogen) atoms. The first-order valence-corrected chi connectivity index (χ1v) is 36.5. The van der Waals surface area contributed by atoms with Crippen LogP contribution in [-0.4, -0.2) is 234 Å². The van der Waals surface area contributed by atoms with Crippen LogP contribution < -0.4 is 26.0 Å². The van der Waals surface area contributed by atoms with Gasteiger partial charge in [-0.2, -0.15) is 4.73 Å². The number of aromatic nitrogens is 7. The predicted molar refractivity (Wildman–Crippen MR) is 369 cm³/mol. The lowest BCUT2D eigenvalue weighted by Crippen LogP contribution is -2.62. The summed E-state index contributed by atoms with van der Waals surface area (Å²) in [4.78, 5) is 138. The SMILES string of the molecule is CO/C(C)=C1/NC(=O)C(C(C)O)NC(=O)c2csc(n2)-c2cc(OC)c(-c3nc(C(=O)N4CCN(CCO)CC4)cs3)nc2-c2csc(n2)C2COC(=O)c3c4c5c(cccc5n3O)COC(=O)C(OC3CC(C)(O)C(N(C)C)C(C)O3)C(OC4)C(NC(=O)c3csc1n3)c1nc(cs1)C(=O)N2. The van der Waals surface area contributed by atoms with Gasteiger partial charge in [-0.05, 0) is 59.5 Å². The highest BCUT2D eigenvalue weighted by molar-refractivity contribution is 7.14. The Labute approximate surface area is 601 Å². The van der Waals surface area contributed by atoms with E-state index in [1.807, 2.05) is 0 Å². The quantitative estimate of drug-likeness (QED) is 0.0540. The lowest BCUT2D eigenvalue weighted by atomic mass is 9.85. The number of nitrogens with one attached hydrogen (secondary N) is 4. The highest BCUT2D eigenvalue weighted by Gasteiger charge is 2.50. The molecule has 0 spiro atoms. The van der Waals surface area contributed by atoms with E-state index in [4.69, 9.17) is 58.1 Å². The summed E-state index contributed by atoms with van der Waals surface area (Å²) in [7, 11) is 6.30. The molecular weight excluding hydrogens is 1430 g/mol. The highest BCUT2D eigenvalue weighted by atomic mass is 32.1. The third-order valence-electron chi connectivity index (χ3n) is 18.0. The standard InChI is InChI=1S/C65H70N14O18S5/c1-28(81)44-56(85)74-45(29(2)91-7)59-69-38(26-100-59)55(84)75-48-50-51(97-42-19-65(4,89)52(76(5)6)30(3)96-42)64(88)94-20-31-10-9-11-40-43(31)33(21-93-50)49(79(40)90)63(87)95-22-34(66-53(82)36-25-101-61(48)70-36)58-67-35(23-99-58)46-32(57-68-37(24-98-57)54(83)73-44)18-41(92-8)47(72-46)60-71-39(27-102-60)62(86)78-14-12-77(13-15-78)16-17-80/h9-11,18,23-28,30,34,42,44,48,50-52,80-81,89-90H,12-17,19-22H2,1-8H3,(H,66,82)(H,73,83)(H,74,85)(H,75,84)/b45-29+. The predicted octanol–water partition coefficient (Wildman–Crippen LogP) is 4.22. The smallest absolute Gasteiger partial charge is 0.358 e. The summed E-state index contributed by atoms with van der Waals surface area (Å²) in [6.07, 6.45) is -7.45. The molecule has 2 saturated heterocycles. The van der Waals surface area contributed by atoms with Crippen LogP contribution in [0.1, 0.15) is 125 Å². The maximum atomic E-state index is 15.2. The Morgan fingerprint density at radius 3 is 2.21 bits per heavy atom. The van der Waals surface area contributed by atoms with Crippen LogP contribution in [0.15, 0.2) is 56.9 Å². The Bertz CT molecular complexity index is 4610. The van der Waals surface area contributed by atoms with Gasteiger partial charge in [-0.3, -0.25) is 28.9 Å². The molecule has 5 amide bonds. The first-order chi connectivity index (χ1) is 48.9. The van der Waals surface area contributed by atoms with E-state index < -0.39 is 122 Å². The van der Waals surface area contributed by atoms with Crippen molar-refractivity contribution in [3.63, 3.8) is 0 Å². The van der Waals surface area contributed by atoms with Crippen molar-refractivity contribution in [1.82, 2.24) is 70.6 Å². The molecule has 12 heterocycles. The number of benzene rings is 1. The molecule has 10 unspecified atom stereocenters. The van der Waals surface area contributed by atoms with Crippen molar-refractivity contribution < 1.29 is 87.2 Å². The van der Waals surface area contributed by atoms with E-state index in [1.165, 1.54) is 50.3 Å². The van der Waals surface area contributed by atoms with Gasteiger partial charge in [-0.1, -0.05) is 12.1 Å². The summed E-state index contributed by atoms with van der Waals surface area (Å²) in [5, 5.41) is 64.3. The molecule has 0 aliphatic carbocycles. The van der Waals surface area contributed by atoms with Crippen LogP contribution in [0.25, 0.3) is 49.3 Å². The number of rotatable bonds is 10. The van der Waals surface area contributed by atoms with Crippen LogP contribution in [0, 0.1) is 0 Å². The average Bonchev–Trinajstić information content (AvgIpc) is 1.57. The molecule has 1 aromatic carbocycles. The molecule has 32 nitrogen and oxygen atoms in total. The second-order valence-electron chi connectivity index (χ2n) is 25.1. The molecule has 12 bridgehead atoms. The van der Waals surface area contributed by atoms with Crippen LogP contribution >= 0.6 is 56.7 Å². The zero-order chi connectivity index (χ0) is 72.2. The molecule has 5 aliphatic heterocycles. The number of fused-ring (bicyclic) bond motifs is 15. The average molecular weight is 1500 g/mol. The lowest BCUT2D eigenvalue weighted by molar-refractivity contribution is -0.280. The van der Waals surface area contributed by atoms with E-state index in [1.54, 1.807) is 66.7 Å². The molecule has 10 atom stereocenters. The number of likely N-dealkylation sites (N-methyl/N-ethyl adjacent to an activating group) is 1. The number of allylic oxidation sites excluding steroid dienone is 1. The Morgan fingerprint density at radius 2 is 1.49 bits per heavy atom. The number of carbonyl (C=O) groups is 7. The van der Waals surface area contributed by atoms with Gasteiger partial charge in [0.25, 0.3) is 23.6 Å². The van der Waals surface area contributed by atoms with Crippen molar-refractivity contribution in [3.8, 4) is 38.4 Å². The van der Waals surface area contributed by atoms with Gasteiger partial charge in [0.2, 0.25) is 5.91 Å². The number of piperazine rings is 1. The number of cyclic esters (lactones) is 2. The fourth-order valence-corrected chi connectivity index (χ4v) is 17.3. The van der Waals surface area contributed by atoms with Gasteiger partial charge in [0, 0.05) is 82.6 Å². The summed E-state index contributed by atoms with van der Waals surface area (Å²) in [5.74, 6) is -5.81. The number of ether oxygens (including phenoxy) is 7. The van der Waals surface area contributed by atoms with Gasteiger partial charge in [0.1, 0.15) is 120 Å². The Morgan fingerprint density at radius 1 is 0.814 bits per heavy atom. The summed E-state index contributed by atoms with van der Waals surface area (Å²) >= 11 is 4.95. The second-order valence-corrected chi connectivity index (χ2v) is 29.4. The van der Waals surface area contributed by atoms with E-state index in [0.717, 1.165) is 56.7 Å². The molecule has 8 N–H and O–H groups in total. The number of thiazole rings is 5. The Hall–Kier alpha value is -8.83. The first kappa shape index (κ1) is 71.6. The van der Waals surface area contributed by atoms with Crippen LogP contribution in [0.3, 0.4) is 0 Å². The normalized spacial score (nSPS) is 24.8. The van der Waals surface area contributed by atoms with Gasteiger partial charge < -0.3 is 84.8 Å². The largest absolute Gasteiger partial charge is 0.499 e. The summed E-state index contributed by atoms with van der Waals surface area (Å²) < 4.78 is 44.5. The number of pyridine rings is 1. The number of amides is 5. The third kappa shape index (κ3) is 14.1. The van der Waals surface area contributed by atoms with Gasteiger partial charge in [0.15, 0.2) is 18.1 Å². The molecule has 2 fully saturated rings. The molecule has 5 aliphatic rings. The number of esters is 2. The van der Waals surface area contributed by atoms with Crippen molar-refractivity contribution in [2.24, 2.45) is 0 Å². The van der Waals surface area contributed by atoms with Crippen molar-refractivity contribution >= 4 is 115 Å². The number of aliphatic hydroxyl groups excluding tert-OH is 2. The highest BCUT2D eigenvalue weighted by Crippen LogP contribution is 2.43. The van der Waals surface area contributed by atoms with Crippen molar-refractivity contribution in [2.75, 3.05) is 74.3 Å². The molecule has 538 valence electrons. The number of hydrogen-bond donors (Lipinski definition) is 8. The lowest BCUT2D eigenvalue weighted by Gasteiger charge is -2.48. The summed E-state index contributed by atoms with van der Waals surface area (Å²) in [6, 6.07) is 1.19. The van der Waals surface area contributed by atoms with Crippen LogP contribution in [0.5, 0.6) is 5.75 Å². The summed E-state index contributed by atoms with van der Waals surface area (Å²) in [5.41, 5.74) is -1.37. The fraction of sp³-hybridized carbons (Fsp3) is 0.431. The van der Waals surface area contributed by atoms with E-state index in [9.17, 15) is 34.9 Å². The van der Waals surface area contributed by atoms with E-state index in [2.05, 4.69) is 31.2 Å². The van der Waals surface area contributed by atoms with Crippen LogP contribution in [-0.2, 0) is 51.2 Å². The Balaban J connectivity index is 0.975. The van der Waals surface area contributed by atoms with Crippen molar-refractivity contribution in [1.29, 1.82) is 0 Å². The molecular formula is C65H70N14O18S5. The number of aliphatic hydroxyl groups is 3. The zero-order valence-corrected chi connectivity index (χ0v) is 60.1. The topological polar surface area (TPSA) is 405 Å². The van der Waals surface area contributed by atoms with Gasteiger partial charge in [-0.15, -0.1) is 56.7 Å². The molecule has 13 rings (SSSR count). The number of methoxy groups -OCH3 is 2. The monoisotopic (exact) mass is 1490 g/mol. The van der Waals surface area contributed by atoms with E-state index >= 15 is 19.2 Å². The minimum Gasteiger partial charge on any atom is -0.499 e. The van der Waals surface area contributed by atoms with Crippen LogP contribution in [0.2, 0.25) is 0 Å². The number of hydrogen-bond acceptors (Lipinski definition) is 31. The van der Waals surface area contributed by atoms with Gasteiger partial charge in [0.05, 0.1) is 56.8 Å². The van der Waals surface area contributed by atoms with Crippen molar-refractivity contribution in [2.45, 2.75) is 108 Å². The number of carbonyl (C=O) groups excluding carboxylic acids is 7. The molecule has 37 heteroatoms. The molecule has 0 radical (unpaired) electrons.